The highest BCUT2D eigenvalue weighted by atomic mass is 32.1. The third kappa shape index (κ3) is 3.65. The molecule has 0 bridgehead atoms. The number of rotatable bonds is 5. The van der Waals surface area contributed by atoms with Gasteiger partial charge in [-0.25, -0.2) is 4.39 Å². The molecule has 0 aliphatic rings. The monoisotopic (exact) mass is 249 g/mol. The minimum atomic E-state index is -0.136. The van der Waals surface area contributed by atoms with Gasteiger partial charge in [0.05, 0.1) is 0 Å². The fourth-order valence-corrected chi connectivity index (χ4v) is 2.44. The molecule has 1 nitrogen and oxygen atoms in total. The van der Waals surface area contributed by atoms with E-state index >= 15 is 0 Å². The Labute approximate surface area is 105 Å². The molecular formula is C14H16FNS. The molecule has 1 N–H and O–H groups in total. The van der Waals surface area contributed by atoms with Gasteiger partial charge in [0.1, 0.15) is 5.82 Å². The molecule has 17 heavy (non-hydrogen) atoms. The van der Waals surface area contributed by atoms with Crippen LogP contribution in [0.3, 0.4) is 0 Å². The lowest BCUT2D eigenvalue weighted by molar-refractivity contribution is 0.526. The van der Waals surface area contributed by atoms with Crippen molar-refractivity contribution in [2.75, 3.05) is 0 Å². The predicted molar refractivity (Wildman–Crippen MR) is 70.7 cm³/mol. The van der Waals surface area contributed by atoms with E-state index < -0.39 is 0 Å². The van der Waals surface area contributed by atoms with Crippen LogP contribution >= 0.6 is 11.3 Å². The number of hydrogen-bond acceptors (Lipinski definition) is 2. The maximum atomic E-state index is 13.4. The first-order valence-electron chi connectivity index (χ1n) is 5.73. The van der Waals surface area contributed by atoms with Crippen molar-refractivity contribution in [1.82, 2.24) is 5.32 Å². The molecular weight excluding hydrogens is 233 g/mol. The number of benzene rings is 1. The normalized spacial score (nSPS) is 12.6. The zero-order valence-electron chi connectivity index (χ0n) is 9.82. The molecule has 2 aromatic rings. The van der Waals surface area contributed by atoms with Crippen molar-refractivity contribution < 1.29 is 4.39 Å². The smallest absolute Gasteiger partial charge is 0.127 e. The lowest BCUT2D eigenvalue weighted by Gasteiger charge is -2.13. The van der Waals surface area contributed by atoms with Crippen molar-refractivity contribution in [3.63, 3.8) is 0 Å². The summed E-state index contributed by atoms with van der Waals surface area (Å²) >= 11 is 1.71. The third-order valence-corrected chi connectivity index (χ3v) is 3.45. The molecule has 1 aromatic carbocycles. The molecule has 0 aliphatic carbocycles. The van der Waals surface area contributed by atoms with Crippen molar-refractivity contribution in [1.29, 1.82) is 0 Å². The van der Waals surface area contributed by atoms with Crippen LogP contribution < -0.4 is 5.32 Å². The van der Waals surface area contributed by atoms with E-state index in [1.165, 1.54) is 11.6 Å². The maximum absolute atomic E-state index is 13.4. The number of hydrogen-bond donors (Lipinski definition) is 1. The molecule has 90 valence electrons. The van der Waals surface area contributed by atoms with Gasteiger partial charge < -0.3 is 5.32 Å². The van der Waals surface area contributed by atoms with Gasteiger partial charge >= 0.3 is 0 Å². The fourth-order valence-electron chi connectivity index (χ4n) is 1.76. The van der Waals surface area contributed by atoms with E-state index in [9.17, 15) is 4.39 Å². The lowest BCUT2D eigenvalue weighted by Crippen LogP contribution is -2.27. The summed E-state index contributed by atoms with van der Waals surface area (Å²) in [7, 11) is 0. The standard InChI is InChI=1S/C14H16FNS/c1-11(8-12-6-7-17-10-12)16-9-13-4-2-3-5-14(13)15/h2-7,10-11,16H,8-9H2,1H3. The summed E-state index contributed by atoms with van der Waals surface area (Å²) in [5.41, 5.74) is 2.06. The summed E-state index contributed by atoms with van der Waals surface area (Å²) in [5.74, 6) is -0.136. The topological polar surface area (TPSA) is 12.0 Å². The van der Waals surface area contributed by atoms with Gasteiger partial charge in [-0.05, 0) is 41.8 Å². The molecule has 3 heteroatoms. The van der Waals surface area contributed by atoms with Gasteiger partial charge in [-0.15, -0.1) is 0 Å². The molecule has 1 aromatic heterocycles. The molecule has 0 saturated carbocycles. The van der Waals surface area contributed by atoms with Gasteiger partial charge in [0.15, 0.2) is 0 Å². The summed E-state index contributed by atoms with van der Waals surface area (Å²) in [6, 6.07) is 9.38. The van der Waals surface area contributed by atoms with Gasteiger partial charge in [-0.1, -0.05) is 18.2 Å². The minimum absolute atomic E-state index is 0.136. The molecule has 1 heterocycles. The van der Waals surface area contributed by atoms with Gasteiger partial charge in [0.2, 0.25) is 0 Å². The van der Waals surface area contributed by atoms with Crippen molar-refractivity contribution in [2.24, 2.45) is 0 Å². The van der Waals surface area contributed by atoms with Crippen LogP contribution in [0.5, 0.6) is 0 Å². The Bertz CT molecular complexity index is 453. The average Bonchev–Trinajstić information content (AvgIpc) is 2.81. The zero-order chi connectivity index (χ0) is 12.1. The molecule has 0 spiro atoms. The number of nitrogens with one attached hydrogen (secondary N) is 1. The van der Waals surface area contributed by atoms with E-state index in [4.69, 9.17) is 0 Å². The first-order chi connectivity index (χ1) is 8.25. The van der Waals surface area contributed by atoms with E-state index in [0.29, 0.717) is 12.6 Å². The highest BCUT2D eigenvalue weighted by Gasteiger charge is 2.05. The molecule has 1 unspecified atom stereocenters. The van der Waals surface area contributed by atoms with Gasteiger partial charge in [-0.2, -0.15) is 11.3 Å². The van der Waals surface area contributed by atoms with Gasteiger partial charge in [-0.3, -0.25) is 0 Å². The Kier molecular flexibility index (Phi) is 4.29. The quantitative estimate of drug-likeness (QED) is 0.853. The van der Waals surface area contributed by atoms with Crippen molar-refractivity contribution in [2.45, 2.75) is 25.9 Å². The molecule has 0 saturated heterocycles. The minimum Gasteiger partial charge on any atom is -0.310 e. The second kappa shape index (κ2) is 5.94. The molecule has 2 rings (SSSR count). The van der Waals surface area contributed by atoms with Crippen LogP contribution in [-0.4, -0.2) is 6.04 Å². The summed E-state index contributed by atoms with van der Waals surface area (Å²) in [5, 5.41) is 7.58. The Morgan fingerprint density at radius 1 is 1.29 bits per heavy atom. The molecule has 0 amide bonds. The van der Waals surface area contributed by atoms with Crippen LogP contribution in [0, 0.1) is 5.82 Å². The van der Waals surface area contributed by atoms with Crippen LogP contribution in [0.4, 0.5) is 4.39 Å². The van der Waals surface area contributed by atoms with Crippen molar-refractivity contribution in [3.05, 3.63) is 58.0 Å². The first-order valence-corrected chi connectivity index (χ1v) is 6.68. The molecule has 0 radical (unpaired) electrons. The summed E-state index contributed by atoms with van der Waals surface area (Å²) in [6.45, 7) is 2.70. The highest BCUT2D eigenvalue weighted by Crippen LogP contribution is 2.10. The van der Waals surface area contributed by atoms with Gasteiger partial charge in [0.25, 0.3) is 0 Å². The van der Waals surface area contributed by atoms with E-state index in [2.05, 4.69) is 29.1 Å². The van der Waals surface area contributed by atoms with E-state index in [1.807, 2.05) is 12.1 Å². The van der Waals surface area contributed by atoms with E-state index in [1.54, 1.807) is 17.4 Å². The summed E-state index contributed by atoms with van der Waals surface area (Å²) in [4.78, 5) is 0. The summed E-state index contributed by atoms with van der Waals surface area (Å²) < 4.78 is 13.4. The van der Waals surface area contributed by atoms with Crippen molar-refractivity contribution >= 4 is 11.3 Å². The van der Waals surface area contributed by atoms with Crippen molar-refractivity contribution in [3.8, 4) is 0 Å². The second-order valence-electron chi connectivity index (χ2n) is 4.21. The second-order valence-corrected chi connectivity index (χ2v) is 4.99. The Morgan fingerprint density at radius 2 is 2.12 bits per heavy atom. The summed E-state index contributed by atoms with van der Waals surface area (Å²) in [6.07, 6.45) is 0.984. The molecule has 1 atom stereocenters. The first kappa shape index (κ1) is 12.3. The van der Waals surface area contributed by atoms with Crippen LogP contribution in [-0.2, 0) is 13.0 Å². The molecule has 0 aliphatic heterocycles. The Morgan fingerprint density at radius 3 is 2.82 bits per heavy atom. The van der Waals surface area contributed by atoms with Crippen LogP contribution in [0.2, 0.25) is 0 Å². The fraction of sp³-hybridized carbons (Fsp3) is 0.286. The third-order valence-electron chi connectivity index (χ3n) is 2.72. The molecule has 0 fully saturated rings. The highest BCUT2D eigenvalue weighted by molar-refractivity contribution is 7.07. The van der Waals surface area contributed by atoms with Crippen LogP contribution in [0.25, 0.3) is 0 Å². The Balaban J connectivity index is 1.84. The predicted octanol–water partition coefficient (Wildman–Crippen LogP) is 3.61. The largest absolute Gasteiger partial charge is 0.310 e. The number of halogens is 1. The van der Waals surface area contributed by atoms with Crippen LogP contribution in [0.15, 0.2) is 41.1 Å². The lowest BCUT2D eigenvalue weighted by atomic mass is 10.1. The SMILES string of the molecule is CC(Cc1ccsc1)NCc1ccccc1F. The zero-order valence-corrected chi connectivity index (χ0v) is 10.6. The van der Waals surface area contributed by atoms with E-state index in [0.717, 1.165) is 12.0 Å². The van der Waals surface area contributed by atoms with Gasteiger partial charge in [0, 0.05) is 18.2 Å². The Hall–Kier alpha value is -1.19. The number of thiophene rings is 1. The van der Waals surface area contributed by atoms with Crippen LogP contribution in [0.1, 0.15) is 18.1 Å². The maximum Gasteiger partial charge on any atom is 0.127 e. The van der Waals surface area contributed by atoms with E-state index in [-0.39, 0.29) is 5.82 Å². The average molecular weight is 249 g/mol.